The van der Waals surface area contributed by atoms with Crippen molar-refractivity contribution in [2.24, 2.45) is 11.8 Å². The molecule has 0 radical (unpaired) electrons. The van der Waals surface area contributed by atoms with E-state index in [-0.39, 0.29) is 35.5 Å². The quantitative estimate of drug-likeness (QED) is 0.413. The average molecular weight is 416 g/mol. The van der Waals surface area contributed by atoms with Gasteiger partial charge in [-0.2, -0.15) is 0 Å². The molecule has 0 saturated carbocycles. The molecule has 1 saturated heterocycles. The molecule has 2 atom stereocenters. The number of aromatic nitrogens is 1. The Kier molecular flexibility index (Phi) is 3.42. The number of rotatable bonds is 1. The highest BCUT2D eigenvalue weighted by Crippen LogP contribution is 2.61. The Morgan fingerprint density at radius 2 is 1.22 bits per heavy atom. The number of fused-ring (bicyclic) bond motifs is 1. The summed E-state index contributed by atoms with van der Waals surface area (Å²) in [6.07, 6.45) is 1.74. The van der Waals surface area contributed by atoms with E-state index in [0.717, 1.165) is 10.9 Å². The normalized spacial score (nSPS) is 25.1. The van der Waals surface area contributed by atoms with E-state index in [2.05, 4.69) is 29.2 Å². The van der Waals surface area contributed by atoms with Gasteiger partial charge in [0.1, 0.15) is 0 Å². The van der Waals surface area contributed by atoms with Gasteiger partial charge in [-0.25, -0.2) is 4.90 Å². The van der Waals surface area contributed by atoms with Gasteiger partial charge in [-0.15, -0.1) is 0 Å². The van der Waals surface area contributed by atoms with Gasteiger partial charge >= 0.3 is 0 Å². The van der Waals surface area contributed by atoms with Gasteiger partial charge in [-0.1, -0.05) is 60.7 Å². The number of aryl methyl sites for hydroxylation is 1. The molecule has 2 bridgehead atoms. The zero-order valence-corrected chi connectivity index (χ0v) is 17.5. The molecule has 0 unspecified atom stereocenters. The van der Waals surface area contributed by atoms with E-state index in [9.17, 15) is 9.59 Å². The lowest BCUT2D eigenvalue weighted by Crippen LogP contribution is -2.41. The van der Waals surface area contributed by atoms with Crippen molar-refractivity contribution in [3.05, 3.63) is 107 Å². The van der Waals surface area contributed by atoms with Gasteiger partial charge in [0.25, 0.3) is 0 Å². The largest absolute Gasteiger partial charge is 0.274 e. The van der Waals surface area contributed by atoms with Crippen LogP contribution in [0, 0.1) is 18.8 Å². The van der Waals surface area contributed by atoms with Crippen LogP contribution >= 0.6 is 0 Å². The van der Waals surface area contributed by atoms with E-state index in [1.807, 2.05) is 55.5 Å². The SMILES string of the molecule is Cc1ccnc2c(N3C(=O)[C@H]4C5c6ccccc6C(c6ccccc65)[C@@H]4C3=O)cccc12. The number of para-hydroxylation sites is 1. The molecule has 1 fully saturated rings. The molecule has 2 amide bonds. The van der Waals surface area contributed by atoms with E-state index < -0.39 is 0 Å². The first kappa shape index (κ1) is 17.8. The van der Waals surface area contributed by atoms with Gasteiger partial charge in [-0.05, 0) is 46.9 Å². The molecular weight excluding hydrogens is 396 g/mol. The van der Waals surface area contributed by atoms with Crippen molar-refractivity contribution in [1.82, 2.24) is 4.98 Å². The number of carbonyl (C=O) groups excluding carboxylic acids is 2. The molecule has 2 heterocycles. The van der Waals surface area contributed by atoms with E-state index in [4.69, 9.17) is 0 Å². The molecule has 4 heteroatoms. The number of nitrogens with zero attached hydrogens (tertiary/aromatic N) is 2. The maximum absolute atomic E-state index is 14.0. The maximum Gasteiger partial charge on any atom is 0.238 e. The second-order valence-corrected chi connectivity index (χ2v) is 9.08. The fourth-order valence-electron chi connectivity index (χ4n) is 6.39. The van der Waals surface area contributed by atoms with Crippen molar-refractivity contribution in [3.8, 4) is 0 Å². The van der Waals surface area contributed by atoms with Crippen LogP contribution in [-0.2, 0) is 9.59 Å². The van der Waals surface area contributed by atoms with E-state index in [0.29, 0.717) is 11.2 Å². The van der Waals surface area contributed by atoms with Gasteiger partial charge in [0, 0.05) is 23.4 Å². The molecule has 1 aromatic heterocycles. The number of benzene rings is 3. The fourth-order valence-corrected chi connectivity index (χ4v) is 6.39. The predicted octanol–water partition coefficient (Wildman–Crippen LogP) is 4.94. The van der Waals surface area contributed by atoms with Crippen LogP contribution in [0.25, 0.3) is 10.9 Å². The highest BCUT2D eigenvalue weighted by molar-refractivity contribution is 6.25. The number of imide groups is 1. The summed E-state index contributed by atoms with van der Waals surface area (Å²) in [6, 6.07) is 24.4. The van der Waals surface area contributed by atoms with Crippen molar-refractivity contribution in [2.45, 2.75) is 18.8 Å². The van der Waals surface area contributed by atoms with Crippen LogP contribution in [-0.4, -0.2) is 16.8 Å². The molecule has 1 aliphatic heterocycles. The molecule has 4 aliphatic rings. The smallest absolute Gasteiger partial charge is 0.238 e. The lowest BCUT2D eigenvalue weighted by atomic mass is 9.55. The number of hydrogen-bond donors (Lipinski definition) is 0. The summed E-state index contributed by atoms with van der Waals surface area (Å²) in [7, 11) is 0. The lowest BCUT2D eigenvalue weighted by Gasteiger charge is -2.45. The Labute approximate surface area is 185 Å². The Morgan fingerprint density at radius 1 is 0.688 bits per heavy atom. The first-order valence-corrected chi connectivity index (χ1v) is 11.1. The first-order chi connectivity index (χ1) is 15.7. The minimum Gasteiger partial charge on any atom is -0.274 e. The second kappa shape index (κ2) is 6.13. The summed E-state index contributed by atoms with van der Waals surface area (Å²) >= 11 is 0. The van der Waals surface area contributed by atoms with Gasteiger partial charge in [0.15, 0.2) is 0 Å². The third-order valence-electron chi connectivity index (χ3n) is 7.66. The average Bonchev–Trinajstić information content (AvgIpc) is 3.09. The molecule has 8 rings (SSSR count). The summed E-state index contributed by atoms with van der Waals surface area (Å²) in [4.78, 5) is 33.9. The predicted molar refractivity (Wildman–Crippen MR) is 123 cm³/mol. The van der Waals surface area contributed by atoms with Crippen LogP contribution in [0.4, 0.5) is 5.69 Å². The van der Waals surface area contributed by atoms with Crippen LogP contribution in [0.5, 0.6) is 0 Å². The minimum atomic E-state index is -0.377. The first-order valence-electron chi connectivity index (χ1n) is 11.1. The van der Waals surface area contributed by atoms with Crippen LogP contribution in [0.1, 0.15) is 39.7 Å². The summed E-state index contributed by atoms with van der Waals surface area (Å²) in [5.74, 6) is -1.15. The Balaban J connectivity index is 1.46. The molecule has 4 aromatic rings. The molecule has 4 nitrogen and oxygen atoms in total. The van der Waals surface area contributed by atoms with Crippen molar-refractivity contribution < 1.29 is 9.59 Å². The molecule has 3 aliphatic carbocycles. The molecular formula is C28H20N2O2. The third kappa shape index (κ3) is 2.05. The minimum absolute atomic E-state index is 0.0940. The Hall–Kier alpha value is -3.79. The molecule has 32 heavy (non-hydrogen) atoms. The van der Waals surface area contributed by atoms with Crippen molar-refractivity contribution in [1.29, 1.82) is 0 Å². The van der Waals surface area contributed by atoms with Crippen LogP contribution in [0.15, 0.2) is 79.0 Å². The number of amides is 2. The summed E-state index contributed by atoms with van der Waals surface area (Å²) in [6.45, 7) is 2.02. The topological polar surface area (TPSA) is 50.3 Å². The Bertz CT molecular complexity index is 1360. The highest BCUT2D eigenvalue weighted by Gasteiger charge is 2.61. The fraction of sp³-hybridized carbons (Fsp3) is 0.179. The highest BCUT2D eigenvalue weighted by atomic mass is 16.2. The monoisotopic (exact) mass is 416 g/mol. The molecule has 0 N–H and O–H groups in total. The van der Waals surface area contributed by atoms with Crippen LogP contribution in [0.3, 0.4) is 0 Å². The van der Waals surface area contributed by atoms with Crippen molar-refractivity contribution in [2.75, 3.05) is 4.90 Å². The van der Waals surface area contributed by atoms with E-state index >= 15 is 0 Å². The van der Waals surface area contributed by atoms with E-state index in [1.54, 1.807) is 6.20 Å². The zero-order chi connectivity index (χ0) is 21.6. The summed E-state index contributed by atoms with van der Waals surface area (Å²) in [5, 5.41) is 0.968. The number of carbonyl (C=O) groups is 2. The van der Waals surface area contributed by atoms with E-state index in [1.165, 1.54) is 27.2 Å². The van der Waals surface area contributed by atoms with Gasteiger partial charge < -0.3 is 0 Å². The van der Waals surface area contributed by atoms with Crippen molar-refractivity contribution in [3.63, 3.8) is 0 Å². The third-order valence-corrected chi connectivity index (χ3v) is 7.66. The Morgan fingerprint density at radius 3 is 1.75 bits per heavy atom. The van der Waals surface area contributed by atoms with Gasteiger partial charge in [0.2, 0.25) is 11.8 Å². The van der Waals surface area contributed by atoms with Gasteiger partial charge in [-0.3, -0.25) is 14.6 Å². The van der Waals surface area contributed by atoms with Gasteiger partial charge in [0.05, 0.1) is 23.0 Å². The number of hydrogen-bond acceptors (Lipinski definition) is 3. The summed E-state index contributed by atoms with van der Waals surface area (Å²) < 4.78 is 0. The molecule has 154 valence electrons. The standard InChI is InChI=1S/C28H20N2O2/c1-15-13-14-29-26-16(15)11-6-12-21(26)30-27(31)24-22-17-7-2-3-8-18(17)23(25(24)28(30)32)20-10-5-4-9-19(20)22/h2-14,22-25H,1H3/t22?,23?,24-,25-/m0/s1. The summed E-state index contributed by atoms with van der Waals surface area (Å²) in [5.41, 5.74) is 7.13. The van der Waals surface area contributed by atoms with Crippen molar-refractivity contribution >= 4 is 28.4 Å². The second-order valence-electron chi connectivity index (χ2n) is 9.08. The van der Waals surface area contributed by atoms with Crippen LogP contribution < -0.4 is 4.90 Å². The maximum atomic E-state index is 14.0. The zero-order valence-electron chi connectivity index (χ0n) is 17.5. The molecule has 0 spiro atoms. The van der Waals surface area contributed by atoms with Crippen LogP contribution in [0.2, 0.25) is 0 Å². The number of pyridine rings is 1. The molecule has 3 aromatic carbocycles. The lowest BCUT2D eigenvalue weighted by molar-refractivity contribution is -0.122. The number of anilines is 1.